The Balaban J connectivity index is 1.37. The number of hydrogen-bond acceptors (Lipinski definition) is 3. The molecule has 0 unspecified atom stereocenters. The first-order valence-corrected chi connectivity index (χ1v) is 9.48. The Hall–Kier alpha value is -1.59. The number of likely N-dealkylation sites (tertiary alicyclic amines) is 1. The molecule has 1 N–H and O–H groups in total. The van der Waals surface area contributed by atoms with E-state index in [0.29, 0.717) is 25.6 Å². The second-order valence-corrected chi connectivity index (χ2v) is 7.81. The van der Waals surface area contributed by atoms with Crippen molar-refractivity contribution in [2.24, 2.45) is 5.92 Å². The minimum atomic E-state index is -0.455. The number of carbonyl (C=O) groups is 1. The van der Waals surface area contributed by atoms with Crippen molar-refractivity contribution in [2.75, 3.05) is 19.7 Å². The minimum absolute atomic E-state index is 0.0402. The summed E-state index contributed by atoms with van der Waals surface area (Å²) in [5.41, 5.74) is 2.46. The third kappa shape index (κ3) is 3.67. The van der Waals surface area contributed by atoms with E-state index in [9.17, 15) is 4.79 Å². The van der Waals surface area contributed by atoms with E-state index in [0.717, 1.165) is 12.8 Å². The van der Waals surface area contributed by atoms with Crippen molar-refractivity contribution in [1.82, 2.24) is 10.2 Å². The van der Waals surface area contributed by atoms with Crippen molar-refractivity contribution < 1.29 is 14.3 Å². The monoisotopic (exact) mass is 344 g/mol. The molecule has 2 amide bonds. The summed E-state index contributed by atoms with van der Waals surface area (Å²) >= 11 is 0. The van der Waals surface area contributed by atoms with E-state index in [1.165, 1.54) is 24.0 Å². The molecule has 5 nitrogen and oxygen atoms in total. The topological polar surface area (TPSA) is 50.8 Å². The summed E-state index contributed by atoms with van der Waals surface area (Å²) in [6, 6.07) is 8.70. The molecule has 2 saturated heterocycles. The quantitative estimate of drug-likeness (QED) is 0.914. The van der Waals surface area contributed by atoms with Crippen molar-refractivity contribution in [1.29, 1.82) is 0 Å². The lowest BCUT2D eigenvalue weighted by Crippen LogP contribution is -2.51. The minimum Gasteiger partial charge on any atom is -0.347 e. The number of aryl methyl sites for hydroxylation is 1. The number of carbonyl (C=O) groups excluding carboxylic acids is 1. The zero-order valence-corrected chi connectivity index (χ0v) is 15.2. The van der Waals surface area contributed by atoms with Gasteiger partial charge in [-0.1, -0.05) is 29.8 Å². The van der Waals surface area contributed by atoms with Crippen molar-refractivity contribution >= 4 is 6.03 Å². The highest BCUT2D eigenvalue weighted by molar-refractivity contribution is 5.75. The summed E-state index contributed by atoms with van der Waals surface area (Å²) in [6.07, 6.45) is 4.05. The average Bonchev–Trinajstić information content (AvgIpc) is 3.39. The molecule has 5 heteroatoms. The van der Waals surface area contributed by atoms with Gasteiger partial charge in [0.1, 0.15) is 0 Å². The molecule has 1 aliphatic carbocycles. The average molecular weight is 344 g/mol. The van der Waals surface area contributed by atoms with Gasteiger partial charge in [0.2, 0.25) is 0 Å². The van der Waals surface area contributed by atoms with E-state index in [2.05, 4.69) is 36.5 Å². The van der Waals surface area contributed by atoms with Crippen LogP contribution in [0.4, 0.5) is 4.79 Å². The van der Waals surface area contributed by atoms with Crippen LogP contribution in [0.3, 0.4) is 0 Å². The summed E-state index contributed by atoms with van der Waals surface area (Å²) in [4.78, 5) is 14.7. The van der Waals surface area contributed by atoms with Crippen LogP contribution in [0.5, 0.6) is 0 Å². The standard InChI is InChI=1S/C20H28N2O3/c1-14-3-5-16(6-4-14)18(17-7-8-17)21-19(23)22-11-9-20(10-12-22)24-13-15(2)25-20/h3-6,15,17-18H,7-13H2,1-2H3,(H,21,23)/t15-,18-/m0/s1. The van der Waals surface area contributed by atoms with Gasteiger partial charge in [0.15, 0.2) is 5.79 Å². The second-order valence-electron chi connectivity index (χ2n) is 7.81. The van der Waals surface area contributed by atoms with Crippen LogP contribution in [0, 0.1) is 12.8 Å². The van der Waals surface area contributed by atoms with Gasteiger partial charge in [-0.15, -0.1) is 0 Å². The van der Waals surface area contributed by atoms with Crippen LogP contribution in [0.1, 0.15) is 49.8 Å². The number of hydrogen-bond donors (Lipinski definition) is 1. The number of rotatable bonds is 3. The Kier molecular flexibility index (Phi) is 4.46. The van der Waals surface area contributed by atoms with E-state index in [1.807, 2.05) is 11.8 Å². The third-order valence-electron chi connectivity index (χ3n) is 5.62. The van der Waals surface area contributed by atoms with Crippen molar-refractivity contribution in [3.05, 3.63) is 35.4 Å². The Labute approximate surface area is 149 Å². The number of amides is 2. The number of benzene rings is 1. The van der Waals surface area contributed by atoms with E-state index in [4.69, 9.17) is 9.47 Å². The molecule has 1 aromatic rings. The van der Waals surface area contributed by atoms with Crippen LogP contribution >= 0.6 is 0 Å². The van der Waals surface area contributed by atoms with Gasteiger partial charge >= 0.3 is 6.03 Å². The van der Waals surface area contributed by atoms with E-state index in [-0.39, 0.29) is 18.2 Å². The number of ether oxygens (including phenoxy) is 2. The Morgan fingerprint density at radius 3 is 2.48 bits per heavy atom. The van der Waals surface area contributed by atoms with Gasteiger partial charge in [-0.25, -0.2) is 4.79 Å². The second kappa shape index (κ2) is 6.61. The van der Waals surface area contributed by atoms with Crippen LogP contribution in [0.15, 0.2) is 24.3 Å². The number of nitrogens with zero attached hydrogens (tertiary/aromatic N) is 1. The molecule has 0 aromatic heterocycles. The summed E-state index contributed by atoms with van der Waals surface area (Å²) in [5.74, 6) is 0.119. The molecule has 2 heterocycles. The molecule has 4 rings (SSSR count). The summed E-state index contributed by atoms with van der Waals surface area (Å²) in [6.45, 7) is 6.15. The van der Waals surface area contributed by atoms with E-state index >= 15 is 0 Å². The molecule has 1 aromatic carbocycles. The van der Waals surface area contributed by atoms with Crippen LogP contribution in [-0.2, 0) is 9.47 Å². The molecule has 25 heavy (non-hydrogen) atoms. The van der Waals surface area contributed by atoms with Crippen molar-refractivity contribution in [3.63, 3.8) is 0 Å². The lowest BCUT2D eigenvalue weighted by Gasteiger charge is -2.38. The third-order valence-corrected chi connectivity index (χ3v) is 5.62. The maximum atomic E-state index is 12.8. The molecule has 136 valence electrons. The van der Waals surface area contributed by atoms with Gasteiger partial charge < -0.3 is 19.7 Å². The molecule has 3 fully saturated rings. The lowest BCUT2D eigenvalue weighted by atomic mass is 10.0. The molecule has 2 aliphatic heterocycles. The summed E-state index contributed by atoms with van der Waals surface area (Å²) < 4.78 is 11.8. The highest BCUT2D eigenvalue weighted by Gasteiger charge is 2.44. The van der Waals surface area contributed by atoms with Gasteiger partial charge in [-0.05, 0) is 38.2 Å². The smallest absolute Gasteiger partial charge is 0.317 e. The summed E-state index contributed by atoms with van der Waals surface area (Å²) in [5, 5.41) is 3.28. The largest absolute Gasteiger partial charge is 0.347 e. The van der Waals surface area contributed by atoms with Crippen LogP contribution in [0.2, 0.25) is 0 Å². The molecular formula is C20H28N2O3. The fraction of sp³-hybridized carbons (Fsp3) is 0.650. The van der Waals surface area contributed by atoms with Crippen molar-refractivity contribution in [2.45, 2.75) is 57.5 Å². The predicted molar refractivity (Wildman–Crippen MR) is 95.2 cm³/mol. The molecular weight excluding hydrogens is 316 g/mol. The zero-order chi connectivity index (χ0) is 17.4. The maximum absolute atomic E-state index is 12.8. The summed E-state index contributed by atoms with van der Waals surface area (Å²) in [7, 11) is 0. The predicted octanol–water partition coefficient (Wildman–Crippen LogP) is 3.38. The Bertz CT molecular complexity index is 618. The Morgan fingerprint density at radius 2 is 1.92 bits per heavy atom. The van der Waals surface area contributed by atoms with Gasteiger partial charge in [0.05, 0.1) is 18.8 Å². The molecule has 0 bridgehead atoms. The molecule has 1 spiro atoms. The lowest BCUT2D eigenvalue weighted by molar-refractivity contribution is -0.189. The molecule has 1 saturated carbocycles. The first-order valence-electron chi connectivity index (χ1n) is 9.48. The molecule has 3 aliphatic rings. The SMILES string of the molecule is Cc1ccc([C@H](NC(=O)N2CCC3(CC2)OC[C@H](C)O3)C2CC2)cc1. The first-order chi connectivity index (χ1) is 12.0. The maximum Gasteiger partial charge on any atom is 0.317 e. The fourth-order valence-electron chi connectivity index (χ4n) is 3.92. The molecule has 2 atom stereocenters. The molecule has 0 radical (unpaired) electrons. The van der Waals surface area contributed by atoms with Gasteiger partial charge in [0.25, 0.3) is 0 Å². The number of piperidine rings is 1. The van der Waals surface area contributed by atoms with Gasteiger partial charge in [-0.2, -0.15) is 0 Å². The van der Waals surface area contributed by atoms with E-state index < -0.39 is 5.79 Å². The van der Waals surface area contributed by atoms with Crippen molar-refractivity contribution in [3.8, 4) is 0 Å². The van der Waals surface area contributed by atoms with Gasteiger partial charge in [0, 0.05) is 25.9 Å². The number of nitrogens with one attached hydrogen (secondary N) is 1. The van der Waals surface area contributed by atoms with Crippen LogP contribution in [-0.4, -0.2) is 42.5 Å². The van der Waals surface area contributed by atoms with Gasteiger partial charge in [-0.3, -0.25) is 0 Å². The Morgan fingerprint density at radius 1 is 1.24 bits per heavy atom. The number of urea groups is 1. The van der Waals surface area contributed by atoms with E-state index in [1.54, 1.807) is 0 Å². The highest BCUT2D eigenvalue weighted by atomic mass is 16.7. The van der Waals surface area contributed by atoms with Crippen LogP contribution in [0.25, 0.3) is 0 Å². The highest BCUT2D eigenvalue weighted by Crippen LogP contribution is 2.41. The zero-order valence-electron chi connectivity index (χ0n) is 15.2. The normalized spacial score (nSPS) is 26.6. The fourth-order valence-corrected chi connectivity index (χ4v) is 3.92. The van der Waals surface area contributed by atoms with Crippen LogP contribution < -0.4 is 5.32 Å². The first kappa shape index (κ1) is 16.9.